The van der Waals surface area contributed by atoms with Gasteiger partial charge in [-0.3, -0.25) is 14.2 Å². The fourth-order valence-electron chi connectivity index (χ4n) is 3.42. The minimum absolute atomic E-state index is 0.0192. The van der Waals surface area contributed by atoms with Gasteiger partial charge < -0.3 is 14.7 Å². The Morgan fingerprint density at radius 2 is 1.76 bits per heavy atom. The van der Waals surface area contributed by atoms with Crippen LogP contribution in [-0.4, -0.2) is 69.8 Å². The van der Waals surface area contributed by atoms with Crippen molar-refractivity contribution in [2.75, 3.05) is 49.1 Å². The summed E-state index contributed by atoms with van der Waals surface area (Å²) in [5.41, 5.74) is 1.12. The molecule has 156 valence electrons. The third-order valence-corrected chi connectivity index (χ3v) is 5.50. The highest BCUT2D eigenvalue weighted by molar-refractivity contribution is 5.76. The van der Waals surface area contributed by atoms with Gasteiger partial charge in [0.05, 0.1) is 6.33 Å². The standard InChI is InChI=1S/C20H29N7O2/c1-5-24(6-2)17-7-8-18(23-22-17)25-9-11-26(12-10-25)19(28)13-27-14-21-16(4)15(3)20(27)29/h7-8,14H,5-6,9-13H2,1-4H3. The lowest BCUT2D eigenvalue weighted by Gasteiger charge is -2.35. The van der Waals surface area contributed by atoms with E-state index in [1.54, 1.807) is 18.7 Å². The van der Waals surface area contributed by atoms with Crippen molar-refractivity contribution >= 4 is 17.5 Å². The molecule has 2 aromatic heterocycles. The Morgan fingerprint density at radius 3 is 2.34 bits per heavy atom. The maximum absolute atomic E-state index is 12.6. The summed E-state index contributed by atoms with van der Waals surface area (Å²) in [7, 11) is 0. The average Bonchev–Trinajstić information content (AvgIpc) is 2.75. The second-order valence-corrected chi connectivity index (χ2v) is 7.18. The van der Waals surface area contributed by atoms with Crippen LogP contribution in [0.15, 0.2) is 23.3 Å². The van der Waals surface area contributed by atoms with Crippen LogP contribution in [-0.2, 0) is 11.3 Å². The Hall–Kier alpha value is -2.97. The highest BCUT2D eigenvalue weighted by Crippen LogP contribution is 2.16. The summed E-state index contributed by atoms with van der Waals surface area (Å²) in [6.07, 6.45) is 1.45. The van der Waals surface area contributed by atoms with Gasteiger partial charge in [-0.25, -0.2) is 4.98 Å². The van der Waals surface area contributed by atoms with E-state index in [1.165, 1.54) is 10.9 Å². The quantitative estimate of drug-likeness (QED) is 0.711. The molecule has 0 N–H and O–H groups in total. The molecule has 0 aromatic carbocycles. The van der Waals surface area contributed by atoms with Gasteiger partial charge in [0, 0.05) is 50.5 Å². The van der Waals surface area contributed by atoms with Gasteiger partial charge in [0.2, 0.25) is 5.91 Å². The van der Waals surface area contributed by atoms with Crippen LogP contribution in [0.2, 0.25) is 0 Å². The first-order valence-electron chi connectivity index (χ1n) is 10.1. The number of hydrogen-bond acceptors (Lipinski definition) is 7. The molecule has 1 saturated heterocycles. The van der Waals surface area contributed by atoms with Crippen LogP contribution in [0.4, 0.5) is 11.6 Å². The average molecular weight is 399 g/mol. The molecule has 3 rings (SSSR count). The van der Waals surface area contributed by atoms with Crippen LogP contribution in [0.5, 0.6) is 0 Å². The van der Waals surface area contributed by atoms with Crippen LogP contribution in [0.25, 0.3) is 0 Å². The summed E-state index contributed by atoms with van der Waals surface area (Å²) in [5.74, 6) is 1.63. The minimum Gasteiger partial charge on any atom is -0.356 e. The minimum atomic E-state index is -0.159. The van der Waals surface area contributed by atoms with Crippen molar-refractivity contribution in [3.8, 4) is 0 Å². The monoisotopic (exact) mass is 399 g/mol. The lowest BCUT2D eigenvalue weighted by atomic mass is 10.2. The maximum atomic E-state index is 12.6. The van der Waals surface area contributed by atoms with Gasteiger partial charge in [0.15, 0.2) is 11.6 Å². The van der Waals surface area contributed by atoms with Crippen molar-refractivity contribution in [1.82, 2.24) is 24.6 Å². The van der Waals surface area contributed by atoms with Crippen LogP contribution in [0.1, 0.15) is 25.1 Å². The van der Waals surface area contributed by atoms with Crippen LogP contribution >= 0.6 is 0 Å². The Balaban J connectivity index is 1.58. The summed E-state index contributed by atoms with van der Waals surface area (Å²) in [5, 5.41) is 8.70. The first kappa shape index (κ1) is 20.8. The van der Waals surface area contributed by atoms with Crippen LogP contribution in [0, 0.1) is 13.8 Å². The van der Waals surface area contributed by atoms with Gasteiger partial charge in [-0.2, -0.15) is 0 Å². The second-order valence-electron chi connectivity index (χ2n) is 7.18. The Morgan fingerprint density at radius 1 is 1.07 bits per heavy atom. The van der Waals surface area contributed by atoms with Crippen molar-refractivity contribution in [3.63, 3.8) is 0 Å². The predicted octanol–water partition coefficient (Wildman–Crippen LogP) is 0.845. The van der Waals surface area contributed by atoms with Crippen molar-refractivity contribution in [3.05, 3.63) is 40.1 Å². The lowest BCUT2D eigenvalue weighted by Crippen LogP contribution is -2.50. The summed E-state index contributed by atoms with van der Waals surface area (Å²) in [4.78, 5) is 35.2. The van der Waals surface area contributed by atoms with Gasteiger partial charge in [0.25, 0.3) is 5.56 Å². The molecule has 9 nitrogen and oxygen atoms in total. The molecule has 1 amide bonds. The summed E-state index contributed by atoms with van der Waals surface area (Å²) >= 11 is 0. The largest absolute Gasteiger partial charge is 0.356 e. The Bertz CT molecular complexity index is 898. The molecule has 3 heterocycles. The lowest BCUT2D eigenvalue weighted by molar-refractivity contribution is -0.132. The number of aryl methyl sites for hydroxylation is 1. The Labute approximate surface area is 171 Å². The molecule has 0 bridgehead atoms. The van der Waals surface area contributed by atoms with Gasteiger partial charge in [-0.15, -0.1) is 10.2 Å². The van der Waals surface area contributed by atoms with Crippen LogP contribution in [0.3, 0.4) is 0 Å². The fourth-order valence-corrected chi connectivity index (χ4v) is 3.42. The SMILES string of the molecule is CCN(CC)c1ccc(N2CCN(C(=O)Cn3cnc(C)c(C)c3=O)CC2)nn1. The fraction of sp³-hybridized carbons (Fsp3) is 0.550. The van der Waals surface area contributed by atoms with E-state index in [0.29, 0.717) is 37.4 Å². The molecular formula is C20H29N7O2. The highest BCUT2D eigenvalue weighted by atomic mass is 16.2. The molecule has 0 aliphatic carbocycles. The Kier molecular flexibility index (Phi) is 6.46. The third-order valence-electron chi connectivity index (χ3n) is 5.50. The zero-order chi connectivity index (χ0) is 21.0. The zero-order valence-corrected chi connectivity index (χ0v) is 17.6. The second kappa shape index (κ2) is 9.02. The van der Waals surface area contributed by atoms with E-state index in [0.717, 1.165) is 24.7 Å². The number of anilines is 2. The van der Waals surface area contributed by atoms with E-state index in [-0.39, 0.29) is 18.0 Å². The van der Waals surface area contributed by atoms with Gasteiger partial charge in [0.1, 0.15) is 6.54 Å². The molecule has 0 unspecified atom stereocenters. The number of aromatic nitrogens is 4. The van der Waals surface area contributed by atoms with Crippen LogP contribution < -0.4 is 15.4 Å². The van der Waals surface area contributed by atoms with Gasteiger partial charge in [-0.05, 0) is 39.8 Å². The van der Waals surface area contributed by atoms with Gasteiger partial charge >= 0.3 is 0 Å². The molecule has 1 aliphatic rings. The number of amides is 1. The number of nitrogens with zero attached hydrogens (tertiary/aromatic N) is 7. The third kappa shape index (κ3) is 4.55. The number of hydrogen-bond donors (Lipinski definition) is 0. The first-order valence-corrected chi connectivity index (χ1v) is 10.1. The highest BCUT2D eigenvalue weighted by Gasteiger charge is 2.23. The molecular weight excluding hydrogens is 370 g/mol. The molecule has 0 radical (unpaired) electrons. The predicted molar refractivity (Wildman–Crippen MR) is 112 cm³/mol. The molecule has 0 atom stereocenters. The topological polar surface area (TPSA) is 87.5 Å². The maximum Gasteiger partial charge on any atom is 0.256 e. The number of carbonyl (C=O) groups excluding carboxylic acids is 1. The normalized spacial score (nSPS) is 14.2. The van der Waals surface area contributed by atoms with E-state index >= 15 is 0 Å². The smallest absolute Gasteiger partial charge is 0.256 e. The van der Waals surface area contributed by atoms with E-state index in [9.17, 15) is 9.59 Å². The van der Waals surface area contributed by atoms with Crippen molar-refractivity contribution < 1.29 is 4.79 Å². The molecule has 0 spiro atoms. The molecule has 9 heteroatoms. The molecule has 0 saturated carbocycles. The van der Waals surface area contributed by atoms with E-state index in [1.807, 2.05) is 12.1 Å². The zero-order valence-electron chi connectivity index (χ0n) is 17.6. The molecule has 29 heavy (non-hydrogen) atoms. The molecule has 2 aromatic rings. The summed E-state index contributed by atoms with van der Waals surface area (Å²) in [6, 6.07) is 3.98. The van der Waals surface area contributed by atoms with Gasteiger partial charge in [-0.1, -0.05) is 0 Å². The number of carbonyl (C=O) groups is 1. The van der Waals surface area contributed by atoms with E-state index in [4.69, 9.17) is 0 Å². The van der Waals surface area contributed by atoms with Crippen molar-refractivity contribution in [1.29, 1.82) is 0 Å². The molecule has 1 fully saturated rings. The first-order chi connectivity index (χ1) is 13.9. The van der Waals surface area contributed by atoms with Crippen molar-refractivity contribution in [2.24, 2.45) is 0 Å². The summed E-state index contributed by atoms with van der Waals surface area (Å²) < 4.78 is 1.38. The molecule has 1 aliphatic heterocycles. The van der Waals surface area contributed by atoms with Crippen molar-refractivity contribution in [2.45, 2.75) is 34.2 Å². The van der Waals surface area contributed by atoms with E-state index < -0.39 is 0 Å². The number of piperazine rings is 1. The number of rotatable bonds is 6. The summed E-state index contributed by atoms with van der Waals surface area (Å²) in [6.45, 7) is 12.1. The van der Waals surface area contributed by atoms with E-state index in [2.05, 4.69) is 38.8 Å².